The van der Waals surface area contributed by atoms with Crippen molar-refractivity contribution in [1.82, 2.24) is 19.7 Å². The molecule has 12 heteroatoms. The molecule has 3 heterocycles. The zero-order valence-corrected chi connectivity index (χ0v) is 23.7. The van der Waals surface area contributed by atoms with E-state index in [2.05, 4.69) is 24.3 Å². The van der Waals surface area contributed by atoms with Gasteiger partial charge >= 0.3 is 5.00 Å². The molecule has 0 radical (unpaired) electrons. The summed E-state index contributed by atoms with van der Waals surface area (Å²) in [6.07, 6.45) is 4.48. The Morgan fingerprint density at radius 3 is 2.78 bits per heavy atom. The SMILES string of the molecule is CCC(C)C=Nc1cc(-c2nc(NC(=O)c3ccc([N+](=O)[O-])s3)c3cnn(-c4cccc(OC)c4)c3n2)ccc1C. The molecule has 1 N–H and O–H groups in total. The molecule has 11 nitrogen and oxygen atoms in total. The quantitative estimate of drug-likeness (QED) is 0.117. The largest absolute Gasteiger partial charge is 0.497 e. The predicted octanol–water partition coefficient (Wildman–Crippen LogP) is 6.77. The van der Waals surface area contributed by atoms with Crippen molar-refractivity contribution >= 4 is 51.0 Å². The summed E-state index contributed by atoms with van der Waals surface area (Å²) >= 11 is 0.788. The van der Waals surface area contributed by atoms with Gasteiger partial charge in [0.1, 0.15) is 11.6 Å². The van der Waals surface area contributed by atoms with Gasteiger partial charge in [-0.2, -0.15) is 5.10 Å². The van der Waals surface area contributed by atoms with Gasteiger partial charge in [0.05, 0.1) is 39.9 Å². The van der Waals surface area contributed by atoms with Gasteiger partial charge in [-0.1, -0.05) is 43.4 Å². The number of benzene rings is 2. The predicted molar refractivity (Wildman–Crippen MR) is 160 cm³/mol. The number of methoxy groups -OCH3 is 1. The van der Waals surface area contributed by atoms with E-state index in [1.54, 1.807) is 18.0 Å². The van der Waals surface area contributed by atoms with Crippen molar-refractivity contribution < 1.29 is 14.5 Å². The van der Waals surface area contributed by atoms with E-state index >= 15 is 0 Å². The number of rotatable bonds is 9. The molecule has 3 aromatic heterocycles. The summed E-state index contributed by atoms with van der Waals surface area (Å²) in [4.78, 5) is 38.2. The number of nitrogens with one attached hydrogen (secondary N) is 1. The van der Waals surface area contributed by atoms with Crippen LogP contribution in [0, 0.1) is 23.0 Å². The second-order valence-corrected chi connectivity index (χ2v) is 10.5. The lowest BCUT2D eigenvalue weighted by Gasteiger charge is -2.11. The molecule has 1 amide bonds. The highest BCUT2D eigenvalue weighted by molar-refractivity contribution is 7.17. The smallest absolute Gasteiger partial charge is 0.324 e. The molecular formula is C29H27N7O4S. The fourth-order valence-corrected chi connectivity index (χ4v) is 4.70. The van der Waals surface area contributed by atoms with Crippen molar-refractivity contribution in [3.8, 4) is 22.8 Å². The second kappa shape index (κ2) is 11.6. The molecule has 0 fully saturated rings. The normalized spacial score (nSPS) is 12.1. The Morgan fingerprint density at radius 1 is 1.22 bits per heavy atom. The molecule has 1 unspecified atom stereocenters. The first kappa shape index (κ1) is 27.6. The van der Waals surface area contributed by atoms with Gasteiger partial charge in [0.25, 0.3) is 5.91 Å². The van der Waals surface area contributed by atoms with Crippen molar-refractivity contribution in [2.24, 2.45) is 10.9 Å². The Labute approximate surface area is 239 Å². The van der Waals surface area contributed by atoms with Gasteiger partial charge in [-0.15, -0.1) is 0 Å². The van der Waals surface area contributed by atoms with Gasteiger partial charge < -0.3 is 10.1 Å². The number of amides is 1. The second-order valence-electron chi connectivity index (χ2n) is 9.41. The van der Waals surface area contributed by atoms with E-state index in [1.807, 2.05) is 55.6 Å². The molecule has 2 aromatic carbocycles. The number of hydrogen-bond acceptors (Lipinski definition) is 9. The first-order chi connectivity index (χ1) is 19.8. The molecule has 5 aromatic rings. The molecule has 0 aliphatic carbocycles. The van der Waals surface area contributed by atoms with Crippen LogP contribution < -0.4 is 10.1 Å². The Morgan fingerprint density at radius 2 is 2.05 bits per heavy atom. The van der Waals surface area contributed by atoms with Gasteiger partial charge in [0, 0.05) is 23.9 Å². The fourth-order valence-electron chi connectivity index (χ4n) is 3.98. The first-order valence-corrected chi connectivity index (χ1v) is 13.7. The maximum atomic E-state index is 13.1. The highest BCUT2D eigenvalue weighted by Crippen LogP contribution is 2.31. The molecule has 5 rings (SSSR count). The molecule has 41 heavy (non-hydrogen) atoms. The van der Waals surface area contributed by atoms with E-state index in [1.165, 1.54) is 12.1 Å². The maximum Gasteiger partial charge on any atom is 0.324 e. The molecule has 0 aliphatic rings. The van der Waals surface area contributed by atoms with Crippen molar-refractivity contribution in [2.75, 3.05) is 12.4 Å². The zero-order valence-electron chi connectivity index (χ0n) is 22.9. The van der Waals surface area contributed by atoms with Gasteiger partial charge in [-0.05, 0) is 49.1 Å². The Kier molecular flexibility index (Phi) is 7.83. The average molecular weight is 570 g/mol. The van der Waals surface area contributed by atoms with E-state index in [4.69, 9.17) is 19.7 Å². The summed E-state index contributed by atoms with van der Waals surface area (Å²) in [5.41, 5.74) is 3.67. The summed E-state index contributed by atoms with van der Waals surface area (Å²) < 4.78 is 7.03. The number of aliphatic imine (C=N–C) groups is 1. The number of nitro groups is 1. The molecule has 0 spiro atoms. The minimum atomic E-state index is -0.528. The van der Waals surface area contributed by atoms with Crippen molar-refractivity contribution in [2.45, 2.75) is 27.2 Å². The molecular weight excluding hydrogens is 542 g/mol. The summed E-state index contributed by atoms with van der Waals surface area (Å²) in [5, 5.41) is 18.9. The number of aromatic nitrogens is 4. The number of ether oxygens (including phenoxy) is 1. The van der Waals surface area contributed by atoms with Crippen LogP contribution in [0.3, 0.4) is 0 Å². The fraction of sp³-hybridized carbons (Fsp3) is 0.207. The summed E-state index contributed by atoms with van der Waals surface area (Å²) in [6, 6.07) is 15.8. The van der Waals surface area contributed by atoms with Gasteiger partial charge in [0.15, 0.2) is 11.5 Å². The molecule has 0 bridgehead atoms. The van der Waals surface area contributed by atoms with Crippen LogP contribution in [0.1, 0.15) is 35.5 Å². The maximum absolute atomic E-state index is 13.1. The molecule has 1 atom stereocenters. The number of thiophene rings is 1. The average Bonchev–Trinajstić information content (AvgIpc) is 3.65. The number of hydrogen-bond donors (Lipinski definition) is 1. The minimum absolute atomic E-state index is 0.125. The Hall–Kier alpha value is -4.97. The van der Waals surface area contributed by atoms with Crippen molar-refractivity contribution in [3.63, 3.8) is 0 Å². The van der Waals surface area contributed by atoms with E-state index in [0.717, 1.165) is 29.0 Å². The van der Waals surface area contributed by atoms with Crippen LogP contribution in [0.4, 0.5) is 16.5 Å². The zero-order chi connectivity index (χ0) is 29.1. The lowest BCUT2D eigenvalue weighted by Crippen LogP contribution is -2.12. The number of nitrogens with zero attached hydrogens (tertiary/aromatic N) is 6. The molecule has 0 aliphatic heterocycles. The Balaban J connectivity index is 1.64. The first-order valence-electron chi connectivity index (χ1n) is 12.9. The van der Waals surface area contributed by atoms with Gasteiger partial charge in [0.2, 0.25) is 0 Å². The Bertz CT molecular complexity index is 1790. The van der Waals surface area contributed by atoms with Crippen LogP contribution in [0.15, 0.2) is 65.8 Å². The van der Waals surface area contributed by atoms with E-state index in [9.17, 15) is 14.9 Å². The van der Waals surface area contributed by atoms with Gasteiger partial charge in [-0.3, -0.25) is 19.9 Å². The third kappa shape index (κ3) is 5.82. The highest BCUT2D eigenvalue weighted by Gasteiger charge is 2.20. The van der Waals surface area contributed by atoms with Crippen molar-refractivity contribution in [1.29, 1.82) is 0 Å². The van der Waals surface area contributed by atoms with E-state index in [0.29, 0.717) is 39.8 Å². The van der Waals surface area contributed by atoms with Gasteiger partial charge in [-0.25, -0.2) is 14.6 Å². The minimum Gasteiger partial charge on any atom is -0.497 e. The lowest BCUT2D eigenvalue weighted by atomic mass is 10.1. The van der Waals surface area contributed by atoms with E-state index < -0.39 is 10.8 Å². The molecule has 208 valence electrons. The van der Waals surface area contributed by atoms with Crippen LogP contribution in [-0.4, -0.2) is 43.9 Å². The summed E-state index contributed by atoms with van der Waals surface area (Å²) in [7, 11) is 1.59. The topological polar surface area (TPSA) is 137 Å². The number of anilines is 1. The monoisotopic (exact) mass is 569 g/mol. The van der Waals surface area contributed by atoms with Crippen molar-refractivity contribution in [3.05, 3.63) is 81.3 Å². The van der Waals surface area contributed by atoms with Crippen LogP contribution >= 0.6 is 11.3 Å². The van der Waals surface area contributed by atoms with Crippen LogP contribution in [0.25, 0.3) is 28.1 Å². The van der Waals surface area contributed by atoms with Crippen LogP contribution in [-0.2, 0) is 0 Å². The lowest BCUT2D eigenvalue weighted by molar-refractivity contribution is -0.380. The summed E-state index contributed by atoms with van der Waals surface area (Å²) in [6.45, 7) is 6.20. The van der Waals surface area contributed by atoms with Crippen LogP contribution in [0.2, 0.25) is 0 Å². The number of carbonyl (C=O) groups excluding carboxylic acids is 1. The third-order valence-electron chi connectivity index (χ3n) is 6.53. The third-order valence-corrected chi connectivity index (χ3v) is 7.57. The molecule has 0 saturated carbocycles. The highest BCUT2D eigenvalue weighted by atomic mass is 32.1. The molecule has 0 saturated heterocycles. The van der Waals surface area contributed by atoms with E-state index in [-0.39, 0.29) is 15.7 Å². The number of carbonyl (C=O) groups is 1. The standard InChI is InChI=1S/C29H27N7O4S/c1-5-17(2)15-30-23-13-19(10-9-18(23)3)26-32-27(34-29(37)24-11-12-25(41-24)36(38)39)22-16-31-35(28(22)33-26)20-7-6-8-21(14-20)40-4/h6-17H,5H2,1-4H3,(H,32,33,34,37). The summed E-state index contributed by atoms with van der Waals surface area (Å²) in [5.74, 6) is 1.04. The number of fused-ring (bicyclic) bond motifs is 1. The number of aryl methyl sites for hydroxylation is 1. The van der Waals surface area contributed by atoms with Crippen LogP contribution in [0.5, 0.6) is 5.75 Å².